The van der Waals surface area contributed by atoms with Gasteiger partial charge in [-0.2, -0.15) is 13.2 Å². The number of H-pyrrole nitrogens is 1. The fourth-order valence-electron chi connectivity index (χ4n) is 5.21. The van der Waals surface area contributed by atoms with Gasteiger partial charge in [-0.1, -0.05) is 6.07 Å². The van der Waals surface area contributed by atoms with Crippen LogP contribution in [0.15, 0.2) is 30.6 Å². The number of hydrogen-bond donors (Lipinski definition) is 2. The number of alkyl halides is 3. The molecule has 3 aliphatic heterocycles. The fourth-order valence-corrected chi connectivity index (χ4v) is 5.21. The first kappa shape index (κ1) is 20.7. The van der Waals surface area contributed by atoms with Crippen molar-refractivity contribution in [1.29, 1.82) is 0 Å². The zero-order valence-electron chi connectivity index (χ0n) is 17.4. The summed E-state index contributed by atoms with van der Waals surface area (Å²) in [4.78, 5) is 12.8. The van der Waals surface area contributed by atoms with E-state index in [2.05, 4.69) is 25.2 Å². The molecule has 2 saturated heterocycles. The van der Waals surface area contributed by atoms with Crippen molar-refractivity contribution in [2.75, 3.05) is 38.2 Å². The van der Waals surface area contributed by atoms with E-state index in [0.29, 0.717) is 24.2 Å². The Labute approximate surface area is 186 Å². The summed E-state index contributed by atoms with van der Waals surface area (Å²) in [5.74, 6) is 1.18. The molecule has 4 atom stereocenters. The van der Waals surface area contributed by atoms with Gasteiger partial charge in [-0.3, -0.25) is 4.90 Å². The average molecular weight is 463 g/mol. The van der Waals surface area contributed by atoms with E-state index in [1.54, 1.807) is 6.07 Å². The SMILES string of the molecule is Fc1ccc2c(c1)OCC(N1C[C@H]3COC[C@H]3C1)C2Nc1ncnc2[nH]c(C(F)(F)F)cc12. The Morgan fingerprint density at radius 1 is 1.06 bits per heavy atom. The number of nitrogens with zero attached hydrogens (tertiary/aromatic N) is 3. The number of fused-ring (bicyclic) bond motifs is 3. The smallest absolute Gasteiger partial charge is 0.431 e. The minimum atomic E-state index is -4.53. The Kier molecular flexibility index (Phi) is 4.73. The summed E-state index contributed by atoms with van der Waals surface area (Å²) in [5.41, 5.74) is -0.0608. The van der Waals surface area contributed by atoms with Gasteiger partial charge in [0.15, 0.2) is 0 Å². The molecule has 11 heteroatoms. The normalized spacial score (nSPS) is 27.4. The summed E-state index contributed by atoms with van der Waals surface area (Å²) in [5, 5.41) is 3.58. The van der Waals surface area contributed by atoms with Gasteiger partial charge in [-0.05, 0) is 12.1 Å². The predicted octanol–water partition coefficient (Wildman–Crippen LogP) is 3.61. The third-order valence-electron chi connectivity index (χ3n) is 6.87. The van der Waals surface area contributed by atoms with E-state index < -0.39 is 17.7 Å². The van der Waals surface area contributed by atoms with Crippen LogP contribution < -0.4 is 10.1 Å². The molecule has 7 nitrogen and oxygen atoms in total. The highest BCUT2D eigenvalue weighted by Crippen LogP contribution is 2.41. The van der Waals surface area contributed by atoms with Crippen LogP contribution >= 0.6 is 0 Å². The molecule has 2 fully saturated rings. The number of ether oxygens (including phenoxy) is 2. The van der Waals surface area contributed by atoms with Gasteiger partial charge in [0.1, 0.15) is 41.7 Å². The van der Waals surface area contributed by atoms with E-state index in [9.17, 15) is 17.6 Å². The molecule has 0 radical (unpaired) electrons. The zero-order valence-corrected chi connectivity index (χ0v) is 17.4. The maximum Gasteiger partial charge on any atom is 0.431 e. The number of anilines is 1. The highest BCUT2D eigenvalue weighted by atomic mass is 19.4. The predicted molar refractivity (Wildman–Crippen MR) is 110 cm³/mol. The van der Waals surface area contributed by atoms with Gasteiger partial charge in [0.05, 0.1) is 30.7 Å². The standard InChI is InChI=1S/C22H21F4N5O2/c23-13-1-2-14-17(3-13)33-9-16(31-5-11-7-32-8-12(11)6-31)19(14)30-21-15-4-18(22(24,25)26)29-20(15)27-10-28-21/h1-4,10-12,16,19H,5-9H2,(H2,27,28,29,30)/t11-,12+,16?,19?. The van der Waals surface area contributed by atoms with Gasteiger partial charge < -0.3 is 19.8 Å². The molecule has 0 bridgehead atoms. The first-order valence-electron chi connectivity index (χ1n) is 10.8. The van der Waals surface area contributed by atoms with Crippen molar-refractivity contribution in [3.63, 3.8) is 0 Å². The van der Waals surface area contributed by atoms with Gasteiger partial charge in [-0.15, -0.1) is 0 Å². The van der Waals surface area contributed by atoms with Crippen LogP contribution in [0.4, 0.5) is 23.4 Å². The summed E-state index contributed by atoms with van der Waals surface area (Å²) >= 11 is 0. The molecular formula is C22H21F4N5O2. The second-order valence-corrected chi connectivity index (χ2v) is 8.86. The summed E-state index contributed by atoms with van der Waals surface area (Å²) in [6, 6.07) is 4.89. The number of likely N-dealkylation sites (tertiary alicyclic amines) is 1. The Bertz CT molecular complexity index is 1190. The van der Waals surface area contributed by atoms with Crippen LogP contribution in [0.25, 0.3) is 11.0 Å². The molecule has 0 saturated carbocycles. The quantitative estimate of drug-likeness (QED) is 0.579. The van der Waals surface area contributed by atoms with Gasteiger partial charge in [0, 0.05) is 36.6 Å². The molecule has 3 aromatic rings. The van der Waals surface area contributed by atoms with Crippen LogP contribution in [0.3, 0.4) is 0 Å². The average Bonchev–Trinajstić information content (AvgIpc) is 3.48. The van der Waals surface area contributed by atoms with Crippen molar-refractivity contribution < 1.29 is 27.0 Å². The molecule has 0 spiro atoms. The van der Waals surface area contributed by atoms with Gasteiger partial charge >= 0.3 is 6.18 Å². The van der Waals surface area contributed by atoms with Crippen LogP contribution in [0.2, 0.25) is 0 Å². The minimum absolute atomic E-state index is 0.0932. The summed E-state index contributed by atoms with van der Waals surface area (Å²) in [7, 11) is 0. The van der Waals surface area contributed by atoms with Crippen LogP contribution in [-0.2, 0) is 10.9 Å². The number of benzene rings is 1. The lowest BCUT2D eigenvalue weighted by atomic mass is 9.94. The minimum Gasteiger partial charge on any atom is -0.491 e. The number of rotatable bonds is 3. The Morgan fingerprint density at radius 2 is 1.85 bits per heavy atom. The molecule has 2 unspecified atom stereocenters. The molecule has 2 N–H and O–H groups in total. The number of nitrogens with one attached hydrogen (secondary N) is 2. The number of halogens is 4. The number of hydrogen-bond acceptors (Lipinski definition) is 6. The molecule has 0 amide bonds. The van der Waals surface area contributed by atoms with Crippen LogP contribution in [0.1, 0.15) is 17.3 Å². The molecule has 3 aliphatic rings. The van der Waals surface area contributed by atoms with E-state index in [1.807, 2.05) is 0 Å². The second kappa shape index (κ2) is 7.56. The summed E-state index contributed by atoms with van der Waals surface area (Å²) in [6.45, 7) is 3.46. The lowest BCUT2D eigenvalue weighted by Crippen LogP contribution is -2.48. The van der Waals surface area contributed by atoms with Crippen LogP contribution in [0, 0.1) is 17.7 Å². The zero-order chi connectivity index (χ0) is 22.7. The first-order valence-corrected chi connectivity index (χ1v) is 10.8. The van der Waals surface area contributed by atoms with Crippen molar-refractivity contribution in [3.05, 3.63) is 47.7 Å². The second-order valence-electron chi connectivity index (χ2n) is 8.86. The van der Waals surface area contributed by atoms with Crippen molar-refractivity contribution in [3.8, 4) is 5.75 Å². The maximum absolute atomic E-state index is 13.9. The van der Waals surface area contributed by atoms with Crippen LogP contribution in [0.5, 0.6) is 5.75 Å². The Morgan fingerprint density at radius 3 is 2.61 bits per heavy atom. The van der Waals surface area contributed by atoms with E-state index in [0.717, 1.165) is 37.9 Å². The van der Waals surface area contributed by atoms with Gasteiger partial charge in [0.2, 0.25) is 0 Å². The van der Waals surface area contributed by atoms with Crippen molar-refractivity contribution in [2.24, 2.45) is 11.8 Å². The summed E-state index contributed by atoms with van der Waals surface area (Å²) in [6.07, 6.45) is -3.31. The van der Waals surface area contributed by atoms with E-state index in [1.165, 1.54) is 18.5 Å². The first-order chi connectivity index (χ1) is 15.9. The molecule has 5 heterocycles. The monoisotopic (exact) mass is 463 g/mol. The molecule has 6 rings (SSSR count). The molecule has 0 aliphatic carbocycles. The number of aromatic nitrogens is 3. The van der Waals surface area contributed by atoms with E-state index in [4.69, 9.17) is 9.47 Å². The molecule has 33 heavy (non-hydrogen) atoms. The van der Waals surface area contributed by atoms with Crippen molar-refractivity contribution in [2.45, 2.75) is 18.3 Å². The van der Waals surface area contributed by atoms with E-state index >= 15 is 0 Å². The topological polar surface area (TPSA) is 75.3 Å². The van der Waals surface area contributed by atoms with Gasteiger partial charge in [-0.25, -0.2) is 14.4 Å². The van der Waals surface area contributed by atoms with E-state index in [-0.39, 0.29) is 28.9 Å². The third kappa shape index (κ3) is 3.59. The van der Waals surface area contributed by atoms with Crippen molar-refractivity contribution >= 4 is 16.9 Å². The fraction of sp³-hybridized carbons (Fsp3) is 0.455. The lowest BCUT2D eigenvalue weighted by Gasteiger charge is -2.40. The maximum atomic E-state index is 13.9. The summed E-state index contributed by atoms with van der Waals surface area (Å²) < 4.78 is 65.2. The highest BCUT2D eigenvalue weighted by Gasteiger charge is 2.44. The van der Waals surface area contributed by atoms with Crippen LogP contribution in [-0.4, -0.2) is 58.8 Å². The largest absolute Gasteiger partial charge is 0.491 e. The molecule has 1 aromatic carbocycles. The molecular weight excluding hydrogens is 442 g/mol. The molecule has 174 valence electrons. The van der Waals surface area contributed by atoms with Crippen molar-refractivity contribution in [1.82, 2.24) is 19.9 Å². The third-order valence-corrected chi connectivity index (χ3v) is 6.87. The Hall–Kier alpha value is -2.92. The number of aromatic amines is 1. The van der Waals surface area contributed by atoms with Gasteiger partial charge in [0.25, 0.3) is 0 Å². The lowest BCUT2D eigenvalue weighted by molar-refractivity contribution is -0.140. The molecule has 2 aromatic heterocycles. The Balaban J connectivity index is 1.38. The highest BCUT2D eigenvalue weighted by molar-refractivity contribution is 5.88.